The number of ether oxygens (including phenoxy) is 2. The highest BCUT2D eigenvalue weighted by atomic mass is 16.5. The number of hydrogen-bond acceptors (Lipinski definition) is 2. The molecule has 0 aliphatic heterocycles. The minimum Gasteiger partial charge on any atom is -0.497 e. The third kappa shape index (κ3) is 2.15. The molecule has 2 heteroatoms. The summed E-state index contributed by atoms with van der Waals surface area (Å²) in [5.74, 6) is 2.93. The first kappa shape index (κ1) is 13.0. The summed E-state index contributed by atoms with van der Waals surface area (Å²) < 4.78 is 10.6. The standard InChI is InChI=1S/C18H20O2/c1-12-17(13-4-7-15(19-2)8-5-13)10-14-6-9-16(20-3)11-18(12)14/h4-9,11-12,17H,10H2,1-3H3. The summed E-state index contributed by atoms with van der Waals surface area (Å²) in [6, 6.07) is 14.9. The molecule has 1 aliphatic carbocycles. The molecule has 2 aromatic rings. The Hall–Kier alpha value is -1.96. The first-order valence-electron chi connectivity index (χ1n) is 7.03. The summed E-state index contributed by atoms with van der Waals surface area (Å²) in [5.41, 5.74) is 4.25. The molecular formula is C18H20O2. The van der Waals surface area contributed by atoms with Crippen LogP contribution in [0.1, 0.15) is 35.4 Å². The Morgan fingerprint density at radius 2 is 1.55 bits per heavy atom. The summed E-state index contributed by atoms with van der Waals surface area (Å²) in [6.07, 6.45) is 1.10. The van der Waals surface area contributed by atoms with E-state index >= 15 is 0 Å². The molecule has 1 aliphatic rings. The first-order valence-corrected chi connectivity index (χ1v) is 7.03. The van der Waals surface area contributed by atoms with Gasteiger partial charge in [0.25, 0.3) is 0 Å². The van der Waals surface area contributed by atoms with Crippen molar-refractivity contribution in [3.05, 3.63) is 59.2 Å². The summed E-state index contributed by atoms with van der Waals surface area (Å²) in [6.45, 7) is 2.31. The molecule has 0 radical (unpaired) electrons. The maximum absolute atomic E-state index is 5.34. The van der Waals surface area contributed by atoms with Crippen LogP contribution in [0, 0.1) is 0 Å². The molecule has 0 heterocycles. The average Bonchev–Trinajstić information content (AvgIpc) is 2.84. The molecule has 0 aromatic heterocycles. The van der Waals surface area contributed by atoms with Gasteiger partial charge in [-0.25, -0.2) is 0 Å². The van der Waals surface area contributed by atoms with Crippen LogP contribution in [0.3, 0.4) is 0 Å². The van der Waals surface area contributed by atoms with Crippen LogP contribution in [0.25, 0.3) is 0 Å². The van der Waals surface area contributed by atoms with Crippen molar-refractivity contribution in [1.29, 1.82) is 0 Å². The highest BCUT2D eigenvalue weighted by Crippen LogP contribution is 2.45. The Bertz CT molecular complexity index is 601. The van der Waals surface area contributed by atoms with Gasteiger partial charge in [0, 0.05) is 0 Å². The van der Waals surface area contributed by atoms with E-state index in [0.717, 1.165) is 17.9 Å². The summed E-state index contributed by atoms with van der Waals surface area (Å²) in [7, 11) is 3.43. The van der Waals surface area contributed by atoms with Crippen LogP contribution in [0.2, 0.25) is 0 Å². The molecule has 2 unspecified atom stereocenters. The zero-order valence-electron chi connectivity index (χ0n) is 12.2. The fraction of sp³-hybridized carbons (Fsp3) is 0.333. The van der Waals surface area contributed by atoms with Gasteiger partial charge in [0.2, 0.25) is 0 Å². The fourth-order valence-electron chi connectivity index (χ4n) is 3.20. The van der Waals surface area contributed by atoms with E-state index in [1.165, 1.54) is 16.7 Å². The Balaban J connectivity index is 1.90. The summed E-state index contributed by atoms with van der Waals surface area (Å²) in [5, 5.41) is 0. The van der Waals surface area contributed by atoms with Crippen LogP contribution in [0.15, 0.2) is 42.5 Å². The van der Waals surface area contributed by atoms with Gasteiger partial charge < -0.3 is 9.47 Å². The molecule has 0 bridgehead atoms. The van der Waals surface area contributed by atoms with E-state index in [1.54, 1.807) is 14.2 Å². The van der Waals surface area contributed by atoms with Crippen LogP contribution >= 0.6 is 0 Å². The third-order valence-corrected chi connectivity index (χ3v) is 4.43. The zero-order chi connectivity index (χ0) is 14.1. The van der Waals surface area contributed by atoms with Crippen LogP contribution in [0.5, 0.6) is 11.5 Å². The normalized spacial score (nSPS) is 20.6. The number of fused-ring (bicyclic) bond motifs is 1. The van der Waals surface area contributed by atoms with Gasteiger partial charge in [-0.2, -0.15) is 0 Å². The molecule has 104 valence electrons. The monoisotopic (exact) mass is 268 g/mol. The number of methoxy groups -OCH3 is 2. The molecular weight excluding hydrogens is 248 g/mol. The lowest BCUT2D eigenvalue weighted by molar-refractivity contribution is 0.414. The van der Waals surface area contributed by atoms with E-state index in [0.29, 0.717) is 11.8 Å². The third-order valence-electron chi connectivity index (χ3n) is 4.43. The number of rotatable bonds is 3. The lowest BCUT2D eigenvalue weighted by Gasteiger charge is -2.17. The molecule has 0 fully saturated rings. The number of benzene rings is 2. The Kier molecular flexibility index (Phi) is 3.39. The van der Waals surface area contributed by atoms with Crippen molar-refractivity contribution in [3.63, 3.8) is 0 Å². The van der Waals surface area contributed by atoms with Crippen molar-refractivity contribution in [1.82, 2.24) is 0 Å². The van der Waals surface area contributed by atoms with Gasteiger partial charge in [0.1, 0.15) is 11.5 Å². The molecule has 0 spiro atoms. The molecule has 0 N–H and O–H groups in total. The van der Waals surface area contributed by atoms with Crippen LogP contribution in [0.4, 0.5) is 0 Å². The second-order valence-corrected chi connectivity index (χ2v) is 5.44. The van der Waals surface area contributed by atoms with Gasteiger partial charge in [-0.05, 0) is 59.2 Å². The molecule has 2 aromatic carbocycles. The first-order chi connectivity index (χ1) is 9.72. The van der Waals surface area contributed by atoms with Gasteiger partial charge >= 0.3 is 0 Å². The molecule has 2 atom stereocenters. The minimum atomic E-state index is 0.522. The lowest BCUT2D eigenvalue weighted by Crippen LogP contribution is -2.02. The molecule has 0 amide bonds. The molecule has 3 rings (SSSR count). The van der Waals surface area contributed by atoms with Crippen molar-refractivity contribution in [2.24, 2.45) is 0 Å². The SMILES string of the molecule is COc1ccc(C2Cc3ccc(OC)cc3C2C)cc1. The van der Waals surface area contributed by atoms with Crippen molar-refractivity contribution < 1.29 is 9.47 Å². The quantitative estimate of drug-likeness (QED) is 0.832. The van der Waals surface area contributed by atoms with Gasteiger partial charge in [-0.1, -0.05) is 25.1 Å². The average molecular weight is 268 g/mol. The maximum atomic E-state index is 5.34. The van der Waals surface area contributed by atoms with Gasteiger partial charge in [-0.3, -0.25) is 0 Å². The fourth-order valence-corrected chi connectivity index (χ4v) is 3.20. The van der Waals surface area contributed by atoms with E-state index in [9.17, 15) is 0 Å². The van der Waals surface area contributed by atoms with E-state index in [-0.39, 0.29) is 0 Å². The van der Waals surface area contributed by atoms with Gasteiger partial charge in [-0.15, -0.1) is 0 Å². The van der Waals surface area contributed by atoms with Crippen LogP contribution in [-0.4, -0.2) is 14.2 Å². The smallest absolute Gasteiger partial charge is 0.119 e. The molecule has 0 saturated heterocycles. The van der Waals surface area contributed by atoms with E-state index in [1.807, 2.05) is 12.1 Å². The Labute approximate surface area is 120 Å². The van der Waals surface area contributed by atoms with E-state index in [2.05, 4.69) is 37.3 Å². The van der Waals surface area contributed by atoms with Crippen LogP contribution in [-0.2, 0) is 6.42 Å². The van der Waals surface area contributed by atoms with Crippen molar-refractivity contribution in [2.75, 3.05) is 14.2 Å². The van der Waals surface area contributed by atoms with Crippen molar-refractivity contribution in [3.8, 4) is 11.5 Å². The van der Waals surface area contributed by atoms with Gasteiger partial charge in [0.05, 0.1) is 14.2 Å². The van der Waals surface area contributed by atoms with Crippen LogP contribution < -0.4 is 9.47 Å². The maximum Gasteiger partial charge on any atom is 0.119 e. The topological polar surface area (TPSA) is 18.5 Å². The summed E-state index contributed by atoms with van der Waals surface area (Å²) >= 11 is 0. The predicted octanol–water partition coefficient (Wildman–Crippen LogP) is 4.15. The highest BCUT2D eigenvalue weighted by molar-refractivity contribution is 5.46. The molecule has 20 heavy (non-hydrogen) atoms. The predicted molar refractivity (Wildman–Crippen MR) is 80.8 cm³/mol. The second-order valence-electron chi connectivity index (χ2n) is 5.44. The Morgan fingerprint density at radius 3 is 2.20 bits per heavy atom. The molecule has 2 nitrogen and oxygen atoms in total. The zero-order valence-corrected chi connectivity index (χ0v) is 12.2. The highest BCUT2D eigenvalue weighted by Gasteiger charge is 2.30. The number of hydrogen-bond donors (Lipinski definition) is 0. The van der Waals surface area contributed by atoms with Crippen molar-refractivity contribution in [2.45, 2.75) is 25.2 Å². The van der Waals surface area contributed by atoms with Gasteiger partial charge in [0.15, 0.2) is 0 Å². The lowest BCUT2D eigenvalue weighted by atomic mass is 9.88. The van der Waals surface area contributed by atoms with E-state index in [4.69, 9.17) is 9.47 Å². The minimum absolute atomic E-state index is 0.522. The largest absolute Gasteiger partial charge is 0.497 e. The molecule has 0 saturated carbocycles. The van der Waals surface area contributed by atoms with E-state index < -0.39 is 0 Å². The second kappa shape index (κ2) is 5.20. The summed E-state index contributed by atoms with van der Waals surface area (Å²) in [4.78, 5) is 0. The van der Waals surface area contributed by atoms with Crippen molar-refractivity contribution >= 4 is 0 Å². The Morgan fingerprint density at radius 1 is 0.900 bits per heavy atom.